The third-order valence-corrected chi connectivity index (χ3v) is 1.02. The number of hydrogen-bond donors (Lipinski definition) is 1. The summed E-state index contributed by atoms with van der Waals surface area (Å²) in [4.78, 5) is 0. The summed E-state index contributed by atoms with van der Waals surface area (Å²) in [6, 6.07) is 6.74. The fourth-order valence-corrected chi connectivity index (χ4v) is 0.571. The Morgan fingerprint density at radius 2 is 2.00 bits per heavy atom. The summed E-state index contributed by atoms with van der Waals surface area (Å²) in [6.07, 6.45) is 0. The second-order valence-electron chi connectivity index (χ2n) is 1.63. The molecule has 3 heteroatoms. The molecule has 0 unspecified atom stereocenters. The van der Waals surface area contributed by atoms with Crippen LogP contribution >= 0.6 is 0 Å². The molecule has 0 bridgehead atoms. The molecule has 9 heavy (non-hydrogen) atoms. The smallest absolute Gasteiger partial charge is 0.0699 e. The minimum Gasteiger partial charge on any atom is -0.697 e. The van der Waals surface area contributed by atoms with E-state index in [-0.39, 0.29) is 0 Å². The highest BCUT2D eigenvalue weighted by Gasteiger charge is 1.83. The molecule has 0 saturated heterocycles. The van der Waals surface area contributed by atoms with Crippen LogP contribution in [0.4, 0.5) is 11.4 Å². The van der Waals surface area contributed by atoms with Gasteiger partial charge in [-0.25, -0.2) is 5.53 Å². The van der Waals surface area contributed by atoms with Gasteiger partial charge in [-0.05, 0) is 6.07 Å². The molecule has 0 saturated carbocycles. The summed E-state index contributed by atoms with van der Waals surface area (Å²) in [5.74, 6) is 0. The molecule has 1 aromatic rings. The van der Waals surface area contributed by atoms with Crippen LogP contribution in [-0.2, 0) is 0 Å². The molecule has 0 aliphatic carbocycles. The number of rotatable bonds is 1. The summed E-state index contributed by atoms with van der Waals surface area (Å²) in [5.41, 5.74) is 14.5. The molecule has 0 fully saturated rings. The Hall–Kier alpha value is -1.38. The van der Waals surface area contributed by atoms with Gasteiger partial charge in [-0.1, -0.05) is 18.2 Å². The summed E-state index contributed by atoms with van der Waals surface area (Å²) in [6.45, 7) is 0. The van der Waals surface area contributed by atoms with Crippen LogP contribution in [0, 0.1) is 5.53 Å². The van der Waals surface area contributed by atoms with Crippen LogP contribution < -0.4 is 0 Å². The first-order valence-electron chi connectivity index (χ1n) is 2.52. The maximum Gasteiger partial charge on any atom is 0.0699 e. The van der Waals surface area contributed by atoms with Crippen molar-refractivity contribution in [1.29, 1.82) is 5.53 Å². The fraction of sp³-hybridized carbons (Fsp3) is 0. The molecule has 0 atom stereocenters. The van der Waals surface area contributed by atoms with E-state index in [1.165, 1.54) is 0 Å². The minimum absolute atomic E-state index is 0.299. The Labute approximate surface area is 53.0 Å². The van der Waals surface area contributed by atoms with Crippen molar-refractivity contribution in [1.82, 2.24) is 0 Å². The van der Waals surface area contributed by atoms with Crippen molar-refractivity contribution in [2.75, 3.05) is 0 Å². The van der Waals surface area contributed by atoms with Gasteiger partial charge in [-0.3, -0.25) is 0 Å². The zero-order valence-corrected chi connectivity index (χ0v) is 4.76. The molecular formula is C6H6N3-. The van der Waals surface area contributed by atoms with E-state index in [4.69, 9.17) is 11.3 Å². The number of para-hydroxylation sites is 1. The van der Waals surface area contributed by atoms with Gasteiger partial charge in [0.2, 0.25) is 0 Å². The topological polar surface area (TPSA) is 60.0 Å². The lowest BCUT2D eigenvalue weighted by atomic mass is 10.3. The first kappa shape index (κ1) is 5.75. The van der Waals surface area contributed by atoms with Gasteiger partial charge in [0, 0.05) is 0 Å². The Kier molecular flexibility index (Phi) is 1.44. The molecule has 0 aliphatic rings. The third-order valence-electron chi connectivity index (χ3n) is 1.02. The molecule has 2 N–H and O–H groups in total. The normalized spacial score (nSPS) is 8.89. The van der Waals surface area contributed by atoms with Crippen LogP contribution in [0.2, 0.25) is 0 Å². The molecule has 1 rings (SSSR count). The third kappa shape index (κ3) is 1.05. The van der Waals surface area contributed by atoms with Gasteiger partial charge < -0.3 is 5.73 Å². The predicted molar refractivity (Wildman–Crippen MR) is 35.2 cm³/mol. The van der Waals surface area contributed by atoms with Gasteiger partial charge in [0.15, 0.2) is 0 Å². The van der Waals surface area contributed by atoms with Gasteiger partial charge in [0.1, 0.15) is 0 Å². The van der Waals surface area contributed by atoms with Crippen molar-refractivity contribution in [2.24, 2.45) is 5.11 Å². The standard InChI is InChI=1S/C6H6N3/c7-5-3-1-2-4-6(5)9-8/h1-4,7-8H/q-1. The van der Waals surface area contributed by atoms with Crippen LogP contribution in [0.5, 0.6) is 0 Å². The van der Waals surface area contributed by atoms with Gasteiger partial charge in [-0.15, -0.1) is 5.69 Å². The second kappa shape index (κ2) is 2.26. The average Bonchev–Trinajstić information content (AvgIpc) is 1.89. The highest BCUT2D eigenvalue weighted by molar-refractivity contribution is 5.64. The van der Waals surface area contributed by atoms with Crippen LogP contribution in [0.25, 0.3) is 5.73 Å². The molecule has 46 valence electrons. The summed E-state index contributed by atoms with van der Waals surface area (Å²) in [5, 5.41) is 3.13. The molecule has 0 amide bonds. The minimum atomic E-state index is 0.299. The fourth-order valence-electron chi connectivity index (χ4n) is 0.571. The van der Waals surface area contributed by atoms with E-state index in [1.54, 1.807) is 24.3 Å². The first-order valence-corrected chi connectivity index (χ1v) is 2.52. The Morgan fingerprint density at radius 3 is 2.44 bits per heavy atom. The van der Waals surface area contributed by atoms with E-state index in [2.05, 4.69) is 5.11 Å². The number of benzene rings is 1. The summed E-state index contributed by atoms with van der Waals surface area (Å²) < 4.78 is 0. The van der Waals surface area contributed by atoms with Crippen LogP contribution in [0.15, 0.2) is 29.4 Å². The van der Waals surface area contributed by atoms with Gasteiger partial charge in [0.25, 0.3) is 0 Å². The molecule has 0 aromatic heterocycles. The quantitative estimate of drug-likeness (QED) is 0.554. The largest absolute Gasteiger partial charge is 0.697 e. The van der Waals surface area contributed by atoms with Gasteiger partial charge in [-0.2, -0.15) is 5.11 Å². The highest BCUT2D eigenvalue weighted by Crippen LogP contribution is 2.24. The van der Waals surface area contributed by atoms with Gasteiger partial charge in [0.05, 0.1) is 5.69 Å². The molecule has 1 aromatic carbocycles. The van der Waals surface area contributed by atoms with E-state index in [0.29, 0.717) is 11.4 Å². The lowest BCUT2D eigenvalue weighted by Gasteiger charge is -2.02. The maximum absolute atomic E-state index is 7.16. The molecule has 3 nitrogen and oxygen atoms in total. The Bertz CT molecular complexity index is 219. The van der Waals surface area contributed by atoms with E-state index in [9.17, 15) is 0 Å². The van der Waals surface area contributed by atoms with Crippen molar-refractivity contribution in [3.05, 3.63) is 30.0 Å². The van der Waals surface area contributed by atoms with Gasteiger partial charge >= 0.3 is 0 Å². The summed E-state index contributed by atoms with van der Waals surface area (Å²) >= 11 is 0. The SMILES string of the molecule is N=Nc1ccccc1[NH-]. The lowest BCUT2D eigenvalue weighted by molar-refractivity contribution is 1.15. The number of nitrogens with zero attached hydrogens (tertiary/aromatic N) is 1. The van der Waals surface area contributed by atoms with E-state index in [0.717, 1.165) is 0 Å². The highest BCUT2D eigenvalue weighted by atomic mass is 15.0. The molecule has 0 spiro atoms. The van der Waals surface area contributed by atoms with Crippen molar-refractivity contribution in [2.45, 2.75) is 0 Å². The van der Waals surface area contributed by atoms with Crippen LogP contribution in [0.3, 0.4) is 0 Å². The summed E-state index contributed by atoms with van der Waals surface area (Å²) in [7, 11) is 0. The van der Waals surface area contributed by atoms with Crippen LogP contribution in [0.1, 0.15) is 0 Å². The van der Waals surface area contributed by atoms with Crippen molar-refractivity contribution >= 4 is 11.4 Å². The first-order chi connectivity index (χ1) is 4.34. The second-order valence-corrected chi connectivity index (χ2v) is 1.63. The Morgan fingerprint density at radius 1 is 1.33 bits per heavy atom. The number of hydrogen-bond acceptors (Lipinski definition) is 2. The zero-order valence-electron chi connectivity index (χ0n) is 4.76. The van der Waals surface area contributed by atoms with E-state index < -0.39 is 0 Å². The van der Waals surface area contributed by atoms with Crippen molar-refractivity contribution in [3.8, 4) is 0 Å². The molecular weight excluding hydrogens is 114 g/mol. The van der Waals surface area contributed by atoms with Crippen molar-refractivity contribution in [3.63, 3.8) is 0 Å². The molecule has 0 aliphatic heterocycles. The predicted octanol–water partition coefficient (Wildman–Crippen LogP) is 3.03. The zero-order chi connectivity index (χ0) is 6.69. The van der Waals surface area contributed by atoms with Crippen LogP contribution in [-0.4, -0.2) is 0 Å². The molecule has 0 radical (unpaired) electrons. The van der Waals surface area contributed by atoms with E-state index >= 15 is 0 Å². The maximum atomic E-state index is 7.16. The Balaban J connectivity index is 3.15. The van der Waals surface area contributed by atoms with E-state index in [1.807, 2.05) is 0 Å². The van der Waals surface area contributed by atoms with Crippen molar-refractivity contribution < 1.29 is 0 Å². The number of nitrogens with one attached hydrogen (secondary N) is 2. The average molecular weight is 120 g/mol. The molecule has 0 heterocycles. The monoisotopic (exact) mass is 120 g/mol. The lowest BCUT2D eigenvalue weighted by Crippen LogP contribution is -1.60.